The molecule has 172 valence electrons. The van der Waals surface area contributed by atoms with Crippen LogP contribution in [0.1, 0.15) is 23.2 Å². The average Bonchev–Trinajstić information content (AvgIpc) is 3.03. The molecule has 10 heteroatoms. The average molecular weight is 493 g/mol. The number of benzene rings is 2. The highest BCUT2D eigenvalue weighted by Gasteiger charge is 2.52. The van der Waals surface area contributed by atoms with Gasteiger partial charge in [-0.2, -0.15) is 0 Å². The number of amides is 3. The van der Waals surface area contributed by atoms with Crippen LogP contribution < -0.4 is 10.2 Å². The van der Waals surface area contributed by atoms with Gasteiger partial charge in [0.15, 0.2) is 6.61 Å². The van der Waals surface area contributed by atoms with Gasteiger partial charge >= 0.3 is 5.97 Å². The molecule has 3 amide bonds. The van der Waals surface area contributed by atoms with Crippen molar-refractivity contribution in [2.75, 3.05) is 16.8 Å². The molecule has 4 atom stereocenters. The van der Waals surface area contributed by atoms with Gasteiger partial charge in [-0.25, -0.2) is 9.18 Å². The Morgan fingerprint density at radius 1 is 0.939 bits per heavy atom. The van der Waals surface area contributed by atoms with E-state index >= 15 is 0 Å². The Kier molecular flexibility index (Phi) is 6.67. The van der Waals surface area contributed by atoms with E-state index in [4.69, 9.17) is 27.9 Å². The van der Waals surface area contributed by atoms with E-state index < -0.39 is 36.1 Å². The number of ether oxygens (including phenoxy) is 1. The van der Waals surface area contributed by atoms with Crippen LogP contribution in [-0.4, -0.2) is 41.1 Å². The number of imide groups is 1. The van der Waals surface area contributed by atoms with Crippen LogP contribution in [0.4, 0.5) is 15.8 Å². The second-order valence-corrected chi connectivity index (χ2v) is 9.03. The summed E-state index contributed by atoms with van der Waals surface area (Å²) in [6, 6.07) is 10.9. The van der Waals surface area contributed by atoms with Gasteiger partial charge in [-0.3, -0.25) is 19.3 Å². The lowest BCUT2D eigenvalue weighted by molar-refractivity contribution is -0.122. The van der Waals surface area contributed by atoms with Crippen LogP contribution in [0.15, 0.2) is 48.5 Å². The zero-order chi connectivity index (χ0) is 23.7. The molecule has 1 saturated carbocycles. The predicted molar refractivity (Wildman–Crippen MR) is 120 cm³/mol. The molecule has 1 aliphatic heterocycles. The second-order valence-electron chi connectivity index (χ2n) is 7.91. The normalized spacial score (nSPS) is 24.4. The van der Waals surface area contributed by atoms with Gasteiger partial charge < -0.3 is 10.1 Å². The number of halogens is 3. The number of esters is 1. The van der Waals surface area contributed by atoms with Crippen LogP contribution in [-0.2, 0) is 19.1 Å². The van der Waals surface area contributed by atoms with Gasteiger partial charge in [0.25, 0.3) is 5.91 Å². The molecule has 2 fully saturated rings. The minimum atomic E-state index is -0.751. The van der Waals surface area contributed by atoms with Crippen molar-refractivity contribution in [3.05, 3.63) is 59.9 Å². The van der Waals surface area contributed by atoms with E-state index in [1.165, 1.54) is 48.5 Å². The van der Waals surface area contributed by atoms with Gasteiger partial charge in [0.2, 0.25) is 11.8 Å². The zero-order valence-electron chi connectivity index (χ0n) is 17.2. The molecule has 2 aromatic carbocycles. The molecule has 7 nitrogen and oxygen atoms in total. The van der Waals surface area contributed by atoms with Crippen molar-refractivity contribution >= 4 is 58.3 Å². The first-order valence-corrected chi connectivity index (χ1v) is 11.1. The number of hydrogen-bond acceptors (Lipinski definition) is 5. The zero-order valence-corrected chi connectivity index (χ0v) is 18.7. The third kappa shape index (κ3) is 4.86. The molecule has 0 spiro atoms. The maximum Gasteiger partial charge on any atom is 0.338 e. The molecular weight excluding hydrogens is 474 g/mol. The first kappa shape index (κ1) is 23.2. The summed E-state index contributed by atoms with van der Waals surface area (Å²) in [6.45, 7) is -0.538. The lowest BCUT2D eigenvalue weighted by Gasteiger charge is -2.28. The van der Waals surface area contributed by atoms with Gasteiger partial charge in [0.1, 0.15) is 5.82 Å². The number of nitrogens with one attached hydrogen (secondary N) is 1. The molecule has 0 radical (unpaired) electrons. The topological polar surface area (TPSA) is 92.8 Å². The van der Waals surface area contributed by atoms with E-state index in [-0.39, 0.29) is 28.1 Å². The summed E-state index contributed by atoms with van der Waals surface area (Å²) in [6.07, 6.45) is 0.678. The van der Waals surface area contributed by atoms with Crippen molar-refractivity contribution in [1.82, 2.24) is 0 Å². The molecule has 4 rings (SSSR count). The Morgan fingerprint density at radius 2 is 1.48 bits per heavy atom. The van der Waals surface area contributed by atoms with E-state index in [1.54, 1.807) is 0 Å². The minimum Gasteiger partial charge on any atom is -0.452 e. The third-order valence-electron chi connectivity index (χ3n) is 5.74. The predicted octanol–water partition coefficient (Wildman–Crippen LogP) is 3.74. The summed E-state index contributed by atoms with van der Waals surface area (Å²) >= 11 is 12.4. The Morgan fingerprint density at radius 3 is 2.03 bits per heavy atom. The number of carbonyl (C=O) groups excluding carboxylic acids is 4. The van der Waals surface area contributed by atoms with Crippen LogP contribution in [0.5, 0.6) is 0 Å². The largest absolute Gasteiger partial charge is 0.452 e. The van der Waals surface area contributed by atoms with Crippen LogP contribution in [0.3, 0.4) is 0 Å². The lowest BCUT2D eigenvalue weighted by atomic mass is 9.80. The maximum atomic E-state index is 12.9. The maximum absolute atomic E-state index is 12.9. The molecular formula is C23H19Cl2FN2O5. The molecule has 0 unspecified atom stereocenters. The number of rotatable bonds is 5. The van der Waals surface area contributed by atoms with Gasteiger partial charge in [-0.05, 0) is 61.4 Å². The van der Waals surface area contributed by atoms with Gasteiger partial charge in [0, 0.05) is 5.69 Å². The number of fused-ring (bicyclic) bond motifs is 1. The van der Waals surface area contributed by atoms with Gasteiger partial charge in [-0.1, -0.05) is 0 Å². The molecule has 1 heterocycles. The molecule has 0 aromatic heterocycles. The van der Waals surface area contributed by atoms with E-state index in [2.05, 4.69) is 5.32 Å². The number of carbonyl (C=O) groups is 4. The molecule has 2 aliphatic rings. The van der Waals surface area contributed by atoms with E-state index in [1.807, 2.05) is 0 Å². The van der Waals surface area contributed by atoms with E-state index in [0.717, 1.165) is 4.90 Å². The van der Waals surface area contributed by atoms with Crippen LogP contribution >= 0.6 is 23.2 Å². The van der Waals surface area contributed by atoms with E-state index in [0.29, 0.717) is 24.2 Å². The summed E-state index contributed by atoms with van der Waals surface area (Å²) in [7, 11) is 0. The highest BCUT2D eigenvalue weighted by Crippen LogP contribution is 2.43. The smallest absolute Gasteiger partial charge is 0.338 e. The Bertz CT molecular complexity index is 1070. The number of anilines is 2. The van der Waals surface area contributed by atoms with Crippen molar-refractivity contribution in [1.29, 1.82) is 0 Å². The number of alkyl halides is 2. The van der Waals surface area contributed by atoms with Crippen molar-refractivity contribution in [3.63, 3.8) is 0 Å². The highest BCUT2D eigenvalue weighted by molar-refractivity contribution is 6.31. The standard InChI is InChI=1S/C23H19Cl2FN2O5/c24-18-9-16-17(10-19(18)25)22(31)28(21(16)30)15-7-1-12(2-8-15)23(32)33-11-20(29)27-14-5-3-13(26)4-6-14/h1-8,16-19H,9-11H2,(H,27,29)/t16-,17-,18+,19+/m1/s1. The highest BCUT2D eigenvalue weighted by atomic mass is 35.5. The Balaban J connectivity index is 1.36. The molecule has 2 aromatic rings. The van der Waals surface area contributed by atoms with Crippen molar-refractivity contribution in [2.24, 2.45) is 11.8 Å². The number of nitrogens with zero attached hydrogens (tertiary/aromatic N) is 1. The Labute approximate surface area is 198 Å². The van der Waals surface area contributed by atoms with Crippen molar-refractivity contribution < 1.29 is 28.3 Å². The summed E-state index contributed by atoms with van der Waals surface area (Å²) in [5.41, 5.74) is 0.844. The fourth-order valence-electron chi connectivity index (χ4n) is 4.04. The molecule has 0 bridgehead atoms. The van der Waals surface area contributed by atoms with E-state index in [9.17, 15) is 23.6 Å². The monoisotopic (exact) mass is 492 g/mol. The summed E-state index contributed by atoms with van der Waals surface area (Å²) < 4.78 is 17.9. The van der Waals surface area contributed by atoms with Crippen LogP contribution in [0, 0.1) is 17.7 Å². The van der Waals surface area contributed by atoms with Gasteiger partial charge in [0.05, 0.1) is 33.8 Å². The SMILES string of the molecule is O=C(COC(=O)c1ccc(N2C(=O)[C@@H]3C[C@H](Cl)[C@@H](Cl)C[C@H]3C2=O)cc1)Nc1ccc(F)cc1. The van der Waals surface area contributed by atoms with Crippen LogP contribution in [0.25, 0.3) is 0 Å². The first-order chi connectivity index (χ1) is 15.7. The minimum absolute atomic E-state index is 0.145. The lowest BCUT2D eigenvalue weighted by Crippen LogP contribution is -2.34. The van der Waals surface area contributed by atoms with Crippen molar-refractivity contribution in [2.45, 2.75) is 23.6 Å². The quantitative estimate of drug-likeness (QED) is 0.389. The third-order valence-corrected chi connectivity index (χ3v) is 6.83. The van der Waals surface area contributed by atoms with Crippen LogP contribution in [0.2, 0.25) is 0 Å². The van der Waals surface area contributed by atoms with Crippen molar-refractivity contribution in [3.8, 4) is 0 Å². The summed E-state index contributed by atoms with van der Waals surface area (Å²) in [5.74, 6) is -3.43. The summed E-state index contributed by atoms with van der Waals surface area (Å²) in [5, 5.41) is 1.73. The number of hydrogen-bond donors (Lipinski definition) is 1. The molecule has 33 heavy (non-hydrogen) atoms. The van der Waals surface area contributed by atoms with Gasteiger partial charge in [-0.15, -0.1) is 23.2 Å². The summed E-state index contributed by atoms with van der Waals surface area (Å²) in [4.78, 5) is 50.9. The molecule has 1 saturated heterocycles. The second kappa shape index (κ2) is 9.49. The molecule has 1 N–H and O–H groups in total. The molecule has 1 aliphatic carbocycles. The fraction of sp³-hybridized carbons (Fsp3) is 0.304. The fourth-order valence-corrected chi connectivity index (χ4v) is 4.63. The first-order valence-electron chi connectivity index (χ1n) is 10.2. The Hall–Kier alpha value is -2.97.